The highest BCUT2D eigenvalue weighted by Gasteiger charge is 2.38. The molecule has 0 spiro atoms. The molecule has 10 heteroatoms. The van der Waals surface area contributed by atoms with Crippen molar-refractivity contribution in [1.82, 2.24) is 19.4 Å². The van der Waals surface area contributed by atoms with Crippen LogP contribution in [0, 0.1) is 0 Å². The maximum absolute atomic E-state index is 14.1. The Bertz CT molecular complexity index is 1410. The van der Waals surface area contributed by atoms with Gasteiger partial charge in [0.05, 0.1) is 35.6 Å². The first-order valence-electron chi connectivity index (χ1n) is 11.2. The Hall–Kier alpha value is -3.69. The number of carbonyl (C=O) groups excluding carboxylic acids is 2. The van der Waals surface area contributed by atoms with Crippen molar-refractivity contribution in [1.29, 1.82) is 0 Å². The van der Waals surface area contributed by atoms with E-state index in [4.69, 9.17) is 4.98 Å². The molecule has 1 aliphatic carbocycles. The number of carbonyl (C=O) groups is 2. The van der Waals surface area contributed by atoms with Gasteiger partial charge in [-0.25, -0.2) is 23.5 Å². The average molecular weight is 465 g/mol. The number of fused-ring (bicyclic) bond motifs is 2. The van der Waals surface area contributed by atoms with Crippen LogP contribution in [-0.2, 0) is 21.0 Å². The quantitative estimate of drug-likeness (QED) is 0.542. The molecular weight excluding hydrogens is 444 g/mol. The van der Waals surface area contributed by atoms with Crippen LogP contribution in [0.3, 0.4) is 0 Å². The zero-order chi connectivity index (χ0) is 23.7. The van der Waals surface area contributed by atoms with Gasteiger partial charge in [0, 0.05) is 29.5 Å². The fourth-order valence-electron chi connectivity index (χ4n) is 4.89. The molecule has 6 rings (SSSR count). The first kappa shape index (κ1) is 20.9. The van der Waals surface area contributed by atoms with Crippen LogP contribution in [0.25, 0.3) is 22.2 Å². The molecule has 8 nitrogen and oxygen atoms in total. The SMILES string of the molecule is C[C@@H]1C(=O)N(C)Cc2c(-c3cccc4nc(C5=NOC(=O)C5)c(C(F)F)cc34)nc(C3CC3)n21. The summed E-state index contributed by atoms with van der Waals surface area (Å²) in [6.07, 6.45) is -0.980. The van der Waals surface area contributed by atoms with E-state index in [2.05, 4.69) is 15.0 Å². The topological polar surface area (TPSA) is 89.7 Å². The zero-order valence-corrected chi connectivity index (χ0v) is 18.6. The number of hydrogen-bond acceptors (Lipinski definition) is 6. The van der Waals surface area contributed by atoms with E-state index in [-0.39, 0.29) is 35.3 Å². The monoisotopic (exact) mass is 465 g/mol. The van der Waals surface area contributed by atoms with Gasteiger partial charge in [-0.3, -0.25) is 4.79 Å². The van der Waals surface area contributed by atoms with Crippen molar-refractivity contribution in [2.75, 3.05) is 7.05 Å². The van der Waals surface area contributed by atoms with Crippen LogP contribution in [0.4, 0.5) is 8.78 Å². The molecule has 0 radical (unpaired) electrons. The van der Waals surface area contributed by atoms with Gasteiger partial charge in [0.2, 0.25) is 5.91 Å². The van der Waals surface area contributed by atoms with Crippen molar-refractivity contribution in [3.8, 4) is 11.3 Å². The summed E-state index contributed by atoms with van der Waals surface area (Å²) < 4.78 is 30.2. The van der Waals surface area contributed by atoms with E-state index in [0.29, 0.717) is 34.6 Å². The molecule has 0 bridgehead atoms. The number of oxime groups is 1. The Morgan fingerprint density at radius 3 is 2.62 bits per heavy atom. The summed E-state index contributed by atoms with van der Waals surface area (Å²) in [6.45, 7) is 2.26. The molecule has 0 unspecified atom stereocenters. The lowest BCUT2D eigenvalue weighted by atomic mass is 9.99. The number of nitrogens with zero attached hydrogens (tertiary/aromatic N) is 5. The molecule has 1 saturated carbocycles. The van der Waals surface area contributed by atoms with E-state index < -0.39 is 12.4 Å². The number of benzene rings is 1. The second-order valence-electron chi connectivity index (χ2n) is 9.06. The maximum Gasteiger partial charge on any atom is 0.341 e. The predicted molar refractivity (Wildman–Crippen MR) is 118 cm³/mol. The first-order valence-corrected chi connectivity index (χ1v) is 11.2. The van der Waals surface area contributed by atoms with E-state index in [1.165, 1.54) is 6.07 Å². The van der Waals surface area contributed by atoms with E-state index in [9.17, 15) is 18.4 Å². The second-order valence-corrected chi connectivity index (χ2v) is 9.06. The lowest BCUT2D eigenvalue weighted by Crippen LogP contribution is -2.39. The number of imidazole rings is 1. The van der Waals surface area contributed by atoms with Crippen molar-refractivity contribution in [2.45, 2.75) is 51.1 Å². The number of halogens is 2. The van der Waals surface area contributed by atoms with Gasteiger partial charge in [-0.05, 0) is 31.9 Å². The van der Waals surface area contributed by atoms with E-state index in [0.717, 1.165) is 24.4 Å². The molecule has 34 heavy (non-hydrogen) atoms. The predicted octanol–water partition coefficient (Wildman–Crippen LogP) is 4.10. The molecule has 1 atom stereocenters. The Morgan fingerprint density at radius 2 is 1.94 bits per heavy atom. The highest BCUT2D eigenvalue weighted by atomic mass is 19.3. The van der Waals surface area contributed by atoms with Gasteiger partial charge in [0.25, 0.3) is 6.43 Å². The molecule has 3 aliphatic rings. The van der Waals surface area contributed by atoms with Crippen LogP contribution >= 0.6 is 0 Å². The summed E-state index contributed by atoms with van der Waals surface area (Å²) in [7, 11) is 1.76. The zero-order valence-electron chi connectivity index (χ0n) is 18.6. The van der Waals surface area contributed by atoms with Gasteiger partial charge in [0.15, 0.2) is 0 Å². The fraction of sp³-hybridized carbons (Fsp3) is 0.375. The largest absolute Gasteiger partial charge is 0.341 e. The molecular formula is C24H21F2N5O3. The van der Waals surface area contributed by atoms with Crippen molar-refractivity contribution in [3.05, 3.63) is 47.0 Å². The molecule has 2 aromatic heterocycles. The first-order chi connectivity index (χ1) is 16.3. The van der Waals surface area contributed by atoms with E-state index >= 15 is 0 Å². The summed E-state index contributed by atoms with van der Waals surface area (Å²) in [5.41, 5.74) is 2.50. The lowest BCUT2D eigenvalue weighted by molar-refractivity contribution is -0.140. The number of rotatable bonds is 4. The minimum absolute atomic E-state index is 0.0247. The van der Waals surface area contributed by atoms with Crippen LogP contribution in [0.5, 0.6) is 0 Å². The summed E-state index contributed by atoms with van der Waals surface area (Å²) in [5.74, 6) is 0.610. The fourth-order valence-corrected chi connectivity index (χ4v) is 4.89. The summed E-state index contributed by atoms with van der Waals surface area (Å²) in [5, 5.41) is 4.18. The van der Waals surface area contributed by atoms with Gasteiger partial charge in [0.1, 0.15) is 17.6 Å². The average Bonchev–Trinajstić information content (AvgIpc) is 3.46. The van der Waals surface area contributed by atoms with Crippen LogP contribution in [-0.4, -0.2) is 44.1 Å². The highest BCUT2D eigenvalue weighted by molar-refractivity contribution is 6.12. The van der Waals surface area contributed by atoms with Gasteiger partial charge >= 0.3 is 5.97 Å². The third-order valence-corrected chi connectivity index (χ3v) is 6.71. The van der Waals surface area contributed by atoms with Gasteiger partial charge in [-0.1, -0.05) is 17.3 Å². The number of likely N-dealkylation sites (N-methyl/N-ethyl adjacent to an activating group) is 1. The summed E-state index contributed by atoms with van der Waals surface area (Å²) in [4.78, 5) is 39.9. The van der Waals surface area contributed by atoms with Gasteiger partial charge in [-0.2, -0.15) is 0 Å². The summed E-state index contributed by atoms with van der Waals surface area (Å²) in [6, 6.07) is 6.42. The number of amides is 1. The number of alkyl halides is 2. The smallest absolute Gasteiger partial charge is 0.338 e. The highest BCUT2D eigenvalue weighted by Crippen LogP contribution is 2.45. The Labute approximate surface area is 193 Å². The number of aromatic nitrogens is 3. The van der Waals surface area contributed by atoms with Crippen molar-refractivity contribution < 1.29 is 23.2 Å². The molecule has 2 aliphatic heterocycles. The third kappa shape index (κ3) is 3.12. The minimum atomic E-state index is -2.82. The van der Waals surface area contributed by atoms with Crippen LogP contribution < -0.4 is 0 Å². The molecule has 3 aromatic rings. The van der Waals surface area contributed by atoms with E-state index in [1.54, 1.807) is 24.1 Å². The minimum Gasteiger partial charge on any atom is -0.338 e. The van der Waals surface area contributed by atoms with Crippen LogP contribution in [0.15, 0.2) is 29.4 Å². The van der Waals surface area contributed by atoms with Crippen molar-refractivity contribution in [3.63, 3.8) is 0 Å². The van der Waals surface area contributed by atoms with Crippen molar-refractivity contribution in [2.24, 2.45) is 5.16 Å². The van der Waals surface area contributed by atoms with E-state index in [1.807, 2.05) is 17.6 Å². The number of pyridine rings is 1. The maximum atomic E-state index is 14.1. The molecule has 174 valence electrons. The van der Waals surface area contributed by atoms with Gasteiger partial charge < -0.3 is 14.3 Å². The second kappa shape index (κ2) is 7.41. The molecule has 1 aromatic carbocycles. The third-order valence-electron chi connectivity index (χ3n) is 6.71. The Balaban J connectivity index is 1.57. The standard InChI is InChI=1S/C24H21F2N5O3/c1-11-24(33)30(2)10-18-21(28-23(31(11)18)12-6-7-12)13-4-3-5-16-14(13)8-15(22(25)26)20(27-16)17-9-19(32)34-29-17/h3-5,8,11-12,22H,6-7,9-10H2,1-2H3/t11-/m1/s1. The molecule has 0 N–H and O–H groups in total. The lowest BCUT2D eigenvalue weighted by Gasteiger charge is -2.31. The molecule has 0 saturated heterocycles. The van der Waals surface area contributed by atoms with Crippen LogP contribution in [0.2, 0.25) is 0 Å². The molecule has 4 heterocycles. The summed E-state index contributed by atoms with van der Waals surface area (Å²) >= 11 is 0. The Kier molecular flexibility index (Phi) is 4.55. The van der Waals surface area contributed by atoms with Crippen LogP contribution in [0.1, 0.15) is 67.3 Å². The Morgan fingerprint density at radius 1 is 1.15 bits per heavy atom. The van der Waals surface area contributed by atoms with Crippen molar-refractivity contribution >= 4 is 28.5 Å². The normalized spacial score (nSPS) is 20.2. The van der Waals surface area contributed by atoms with Gasteiger partial charge in [-0.15, -0.1) is 0 Å². The number of hydrogen-bond donors (Lipinski definition) is 0. The molecule has 1 amide bonds. The molecule has 1 fully saturated rings.